The van der Waals surface area contributed by atoms with E-state index < -0.39 is 0 Å². The van der Waals surface area contributed by atoms with Crippen LogP contribution in [0.25, 0.3) is 11.0 Å². The lowest BCUT2D eigenvalue weighted by Gasteiger charge is -2.35. The number of aryl methyl sites for hydroxylation is 2. The van der Waals surface area contributed by atoms with Gasteiger partial charge < -0.3 is 14.4 Å². The first-order chi connectivity index (χ1) is 18.9. The number of alkyl halides is 2. The van der Waals surface area contributed by atoms with Gasteiger partial charge in [0.1, 0.15) is 5.82 Å². The van der Waals surface area contributed by atoms with Crippen LogP contribution in [0.1, 0.15) is 35.4 Å². The first kappa shape index (κ1) is 28.2. The molecule has 2 aliphatic heterocycles. The SMILES string of the molecule is CN1Cc2ccc(CN3CCN(C(=O)CCCc4nc5cc(N(CCCl)CCCl)ccc5n4C)CC3)cc2C1. The molecule has 0 radical (unpaired) electrons. The van der Waals surface area contributed by atoms with Crippen molar-refractivity contribution in [1.82, 2.24) is 24.3 Å². The van der Waals surface area contributed by atoms with Gasteiger partial charge in [0.25, 0.3) is 0 Å². The molecule has 3 aromatic rings. The number of nitrogens with zero attached hydrogens (tertiary/aromatic N) is 6. The van der Waals surface area contributed by atoms with Crippen molar-refractivity contribution in [3.8, 4) is 0 Å². The third-order valence-electron chi connectivity index (χ3n) is 8.10. The van der Waals surface area contributed by atoms with Crippen LogP contribution in [0.4, 0.5) is 5.69 Å². The summed E-state index contributed by atoms with van der Waals surface area (Å²) in [7, 11) is 4.23. The van der Waals surface area contributed by atoms with Crippen LogP contribution in [0.15, 0.2) is 36.4 Å². The van der Waals surface area contributed by atoms with Crippen LogP contribution in [0.5, 0.6) is 0 Å². The van der Waals surface area contributed by atoms with E-state index in [0.29, 0.717) is 18.2 Å². The number of aromatic nitrogens is 2. The van der Waals surface area contributed by atoms with Gasteiger partial charge in [-0.15, -0.1) is 23.2 Å². The molecule has 0 N–H and O–H groups in total. The lowest BCUT2D eigenvalue weighted by atomic mass is 10.1. The summed E-state index contributed by atoms with van der Waals surface area (Å²) in [6, 6.07) is 13.3. The molecule has 9 heteroatoms. The fraction of sp³-hybridized carbons (Fsp3) is 0.533. The van der Waals surface area contributed by atoms with Crippen LogP contribution in [0.3, 0.4) is 0 Å². The van der Waals surface area contributed by atoms with E-state index in [9.17, 15) is 4.79 Å². The molecule has 1 fully saturated rings. The average Bonchev–Trinajstić information content (AvgIpc) is 3.46. The van der Waals surface area contributed by atoms with E-state index >= 15 is 0 Å². The highest BCUT2D eigenvalue weighted by Gasteiger charge is 2.22. The molecule has 5 rings (SSSR count). The van der Waals surface area contributed by atoms with Crippen molar-refractivity contribution in [1.29, 1.82) is 0 Å². The maximum absolute atomic E-state index is 13.0. The Kier molecular flexibility index (Phi) is 9.33. The lowest BCUT2D eigenvalue weighted by molar-refractivity contribution is -0.133. The maximum Gasteiger partial charge on any atom is 0.222 e. The fourth-order valence-electron chi connectivity index (χ4n) is 5.92. The number of halogens is 2. The van der Waals surface area contributed by atoms with Gasteiger partial charge in [-0.25, -0.2) is 4.98 Å². The standard InChI is InChI=1S/C30H40Cl2N6O/c1-34-21-24-7-6-23(18-25(24)22-34)20-36-14-16-38(17-15-36)30(39)5-3-4-29-33-27-19-26(8-9-28(27)35(29)2)37(12-10-31)13-11-32/h6-9,18-19H,3-5,10-17,20-22H2,1-2H3. The van der Waals surface area contributed by atoms with Crippen molar-refractivity contribution in [2.24, 2.45) is 7.05 Å². The van der Waals surface area contributed by atoms with Crippen molar-refractivity contribution >= 4 is 45.8 Å². The van der Waals surface area contributed by atoms with Gasteiger partial charge in [-0.2, -0.15) is 0 Å². The molecule has 0 unspecified atom stereocenters. The first-order valence-corrected chi connectivity index (χ1v) is 15.1. The molecule has 0 saturated carbocycles. The summed E-state index contributed by atoms with van der Waals surface area (Å²) in [5.41, 5.74) is 7.46. The average molecular weight is 572 g/mol. The number of fused-ring (bicyclic) bond motifs is 2. The molecule has 2 aliphatic rings. The van der Waals surface area contributed by atoms with Crippen LogP contribution in [-0.4, -0.2) is 88.2 Å². The molecule has 210 valence electrons. The number of hydrogen-bond acceptors (Lipinski definition) is 5. The van der Waals surface area contributed by atoms with E-state index in [0.717, 1.165) is 94.3 Å². The summed E-state index contributed by atoms with van der Waals surface area (Å²) < 4.78 is 2.15. The Morgan fingerprint density at radius 3 is 2.44 bits per heavy atom. The maximum atomic E-state index is 13.0. The van der Waals surface area contributed by atoms with Crippen LogP contribution in [0.2, 0.25) is 0 Å². The quantitative estimate of drug-likeness (QED) is 0.318. The second-order valence-electron chi connectivity index (χ2n) is 10.9. The summed E-state index contributed by atoms with van der Waals surface area (Å²) in [6.45, 7) is 8.04. The van der Waals surface area contributed by atoms with Gasteiger partial charge in [0.05, 0.1) is 11.0 Å². The molecule has 3 heterocycles. The number of piperazine rings is 1. The summed E-state index contributed by atoms with van der Waals surface area (Å²) in [6.07, 6.45) is 2.15. The van der Waals surface area contributed by atoms with E-state index in [1.54, 1.807) is 0 Å². The Bertz CT molecular complexity index is 1280. The minimum Gasteiger partial charge on any atom is -0.369 e. The van der Waals surface area contributed by atoms with Crippen molar-refractivity contribution < 1.29 is 4.79 Å². The Balaban J connectivity index is 1.09. The molecule has 0 atom stereocenters. The van der Waals surface area contributed by atoms with Crippen molar-refractivity contribution in [3.05, 3.63) is 58.9 Å². The minimum atomic E-state index is 0.258. The number of imidazole rings is 1. The van der Waals surface area contributed by atoms with E-state index in [2.05, 4.69) is 69.8 Å². The topological polar surface area (TPSA) is 47.9 Å². The van der Waals surface area contributed by atoms with Gasteiger partial charge in [-0.3, -0.25) is 14.6 Å². The Hall–Kier alpha value is -2.32. The highest BCUT2D eigenvalue weighted by atomic mass is 35.5. The zero-order valence-corrected chi connectivity index (χ0v) is 24.7. The number of benzene rings is 2. The molecule has 0 bridgehead atoms. The normalized spacial score (nSPS) is 16.3. The summed E-state index contributed by atoms with van der Waals surface area (Å²) in [4.78, 5) is 26.9. The van der Waals surface area contributed by atoms with Crippen molar-refractivity contribution in [2.75, 3.05) is 63.0 Å². The highest BCUT2D eigenvalue weighted by Crippen LogP contribution is 2.25. The number of anilines is 1. The van der Waals surface area contributed by atoms with Gasteiger partial charge in [0.15, 0.2) is 0 Å². The van der Waals surface area contributed by atoms with Crippen LogP contribution < -0.4 is 4.90 Å². The third-order valence-corrected chi connectivity index (χ3v) is 8.44. The van der Waals surface area contributed by atoms with E-state index in [1.807, 2.05) is 4.90 Å². The van der Waals surface area contributed by atoms with E-state index in [-0.39, 0.29) is 5.91 Å². The van der Waals surface area contributed by atoms with Gasteiger partial charge >= 0.3 is 0 Å². The lowest BCUT2D eigenvalue weighted by Crippen LogP contribution is -2.48. The highest BCUT2D eigenvalue weighted by molar-refractivity contribution is 6.18. The molecule has 1 aromatic heterocycles. The first-order valence-electron chi connectivity index (χ1n) is 14.1. The fourth-order valence-corrected chi connectivity index (χ4v) is 6.33. The third kappa shape index (κ3) is 6.71. The molecule has 2 aromatic carbocycles. The molecule has 1 saturated heterocycles. The minimum absolute atomic E-state index is 0.258. The largest absolute Gasteiger partial charge is 0.369 e. The van der Waals surface area contributed by atoms with Crippen molar-refractivity contribution in [3.63, 3.8) is 0 Å². The summed E-state index contributed by atoms with van der Waals surface area (Å²) in [5, 5.41) is 0. The molecular weight excluding hydrogens is 531 g/mol. The van der Waals surface area contributed by atoms with Crippen LogP contribution in [-0.2, 0) is 37.9 Å². The monoisotopic (exact) mass is 570 g/mol. The van der Waals surface area contributed by atoms with E-state index in [1.165, 1.54) is 16.7 Å². The van der Waals surface area contributed by atoms with E-state index in [4.69, 9.17) is 28.2 Å². The zero-order chi connectivity index (χ0) is 27.4. The summed E-state index contributed by atoms with van der Waals surface area (Å²) >= 11 is 12.0. The smallest absolute Gasteiger partial charge is 0.222 e. The second kappa shape index (κ2) is 12.9. The molecule has 39 heavy (non-hydrogen) atoms. The number of carbonyl (C=O) groups excluding carboxylic acids is 1. The predicted octanol–water partition coefficient (Wildman–Crippen LogP) is 4.47. The Morgan fingerprint density at radius 1 is 0.949 bits per heavy atom. The van der Waals surface area contributed by atoms with Gasteiger partial charge in [0, 0.05) is 96.2 Å². The number of carbonyl (C=O) groups is 1. The number of rotatable bonds is 11. The van der Waals surface area contributed by atoms with Crippen LogP contribution in [0, 0.1) is 0 Å². The van der Waals surface area contributed by atoms with Crippen LogP contribution >= 0.6 is 23.2 Å². The van der Waals surface area contributed by atoms with Crippen molar-refractivity contribution in [2.45, 2.75) is 38.9 Å². The predicted molar refractivity (Wildman–Crippen MR) is 161 cm³/mol. The molecule has 1 amide bonds. The van der Waals surface area contributed by atoms with Gasteiger partial charge in [-0.05, 0) is 48.4 Å². The second-order valence-corrected chi connectivity index (χ2v) is 11.7. The number of hydrogen-bond donors (Lipinski definition) is 0. The molecule has 0 aliphatic carbocycles. The zero-order valence-electron chi connectivity index (χ0n) is 23.2. The summed E-state index contributed by atoms with van der Waals surface area (Å²) in [5.74, 6) is 2.38. The molecular formula is C30H40Cl2N6O. The molecule has 7 nitrogen and oxygen atoms in total. The molecule has 0 spiro atoms. The Morgan fingerprint density at radius 2 is 1.69 bits per heavy atom. The Labute approximate surface area is 242 Å². The number of amides is 1. The van der Waals surface area contributed by atoms with Gasteiger partial charge in [-0.1, -0.05) is 18.2 Å². The van der Waals surface area contributed by atoms with Gasteiger partial charge in [0.2, 0.25) is 5.91 Å².